The number of imidazole rings is 1. The lowest BCUT2D eigenvalue weighted by molar-refractivity contribution is 0.625. The topological polar surface area (TPSA) is 43.8 Å². The molecule has 1 heterocycles. The molecule has 0 radical (unpaired) electrons. The number of anilines is 1. The van der Waals surface area contributed by atoms with Gasteiger partial charge < -0.3 is 10.3 Å². The van der Waals surface area contributed by atoms with Gasteiger partial charge in [0.15, 0.2) is 0 Å². The molecule has 5 heteroatoms. The van der Waals surface area contributed by atoms with Gasteiger partial charge in [0.1, 0.15) is 11.6 Å². The molecule has 2 aromatic rings. The van der Waals surface area contributed by atoms with Crippen LogP contribution in [-0.4, -0.2) is 9.55 Å². The number of benzene rings is 1. The molecule has 0 atom stereocenters. The van der Waals surface area contributed by atoms with E-state index >= 15 is 0 Å². The molecular formula is C12H13ClFN3. The van der Waals surface area contributed by atoms with Crippen LogP contribution < -0.4 is 5.73 Å². The maximum Gasteiger partial charge on any atom is 0.125 e. The summed E-state index contributed by atoms with van der Waals surface area (Å²) < 4.78 is 15.2. The first-order valence-corrected chi connectivity index (χ1v) is 5.73. The van der Waals surface area contributed by atoms with Crippen LogP contribution in [0.4, 0.5) is 10.1 Å². The van der Waals surface area contributed by atoms with Crippen molar-refractivity contribution in [2.24, 2.45) is 0 Å². The maximum atomic E-state index is 13.3. The number of halogens is 2. The second-order valence-corrected chi connectivity index (χ2v) is 4.17. The van der Waals surface area contributed by atoms with Crippen LogP contribution >= 0.6 is 11.6 Å². The minimum absolute atomic E-state index is 0.245. The van der Waals surface area contributed by atoms with E-state index in [9.17, 15) is 4.39 Å². The van der Waals surface area contributed by atoms with Gasteiger partial charge in [0, 0.05) is 25.4 Å². The minimum Gasteiger partial charge on any atom is -0.397 e. The van der Waals surface area contributed by atoms with Crippen LogP contribution in [0.25, 0.3) is 0 Å². The third kappa shape index (κ3) is 2.42. The summed E-state index contributed by atoms with van der Waals surface area (Å²) in [5, 5.41) is 0.245. The number of hydrogen-bond acceptors (Lipinski definition) is 2. The van der Waals surface area contributed by atoms with Gasteiger partial charge >= 0.3 is 0 Å². The van der Waals surface area contributed by atoms with Crippen LogP contribution in [0.2, 0.25) is 5.02 Å². The zero-order valence-electron chi connectivity index (χ0n) is 9.45. The first-order chi connectivity index (χ1) is 8.11. The highest BCUT2D eigenvalue weighted by Crippen LogP contribution is 2.26. The number of nitrogen functional groups attached to an aromatic ring is 1. The maximum absolute atomic E-state index is 13.3. The van der Waals surface area contributed by atoms with Crippen molar-refractivity contribution in [2.45, 2.75) is 19.9 Å². The first-order valence-electron chi connectivity index (χ1n) is 5.35. The second kappa shape index (κ2) is 4.75. The van der Waals surface area contributed by atoms with E-state index < -0.39 is 0 Å². The summed E-state index contributed by atoms with van der Waals surface area (Å²) in [6.07, 6.45) is 4.08. The van der Waals surface area contributed by atoms with Crippen molar-refractivity contribution in [3.63, 3.8) is 0 Å². The number of rotatable bonds is 3. The molecule has 0 aliphatic heterocycles. The summed E-state index contributed by atoms with van der Waals surface area (Å²) in [6.45, 7) is 2.84. The molecule has 0 spiro atoms. The van der Waals surface area contributed by atoms with E-state index in [4.69, 9.17) is 17.3 Å². The predicted octanol–water partition coefficient (Wildman–Crippen LogP) is 2.87. The fraction of sp³-hybridized carbons (Fsp3) is 0.250. The zero-order valence-corrected chi connectivity index (χ0v) is 10.2. The molecule has 0 fully saturated rings. The quantitative estimate of drug-likeness (QED) is 0.855. The van der Waals surface area contributed by atoms with Crippen LogP contribution in [0, 0.1) is 5.82 Å². The Morgan fingerprint density at radius 1 is 1.47 bits per heavy atom. The lowest BCUT2D eigenvalue weighted by atomic mass is 10.1. The van der Waals surface area contributed by atoms with E-state index in [0.717, 1.165) is 12.4 Å². The Morgan fingerprint density at radius 2 is 2.24 bits per heavy atom. The molecule has 0 saturated carbocycles. The second-order valence-electron chi connectivity index (χ2n) is 3.77. The van der Waals surface area contributed by atoms with Crippen molar-refractivity contribution in [3.05, 3.63) is 46.8 Å². The summed E-state index contributed by atoms with van der Waals surface area (Å²) in [7, 11) is 0. The number of aromatic nitrogens is 2. The van der Waals surface area contributed by atoms with Gasteiger partial charge in [-0.05, 0) is 24.6 Å². The fourth-order valence-corrected chi connectivity index (χ4v) is 1.98. The Hall–Kier alpha value is -1.55. The van der Waals surface area contributed by atoms with E-state index in [2.05, 4.69) is 4.98 Å². The van der Waals surface area contributed by atoms with Gasteiger partial charge in [0.25, 0.3) is 0 Å². The van der Waals surface area contributed by atoms with Gasteiger partial charge in [0.2, 0.25) is 0 Å². The first kappa shape index (κ1) is 11.9. The van der Waals surface area contributed by atoms with E-state index in [1.54, 1.807) is 6.20 Å². The molecule has 0 unspecified atom stereocenters. The van der Waals surface area contributed by atoms with Gasteiger partial charge in [0.05, 0.1) is 10.7 Å². The molecule has 17 heavy (non-hydrogen) atoms. The van der Waals surface area contributed by atoms with Gasteiger partial charge in [-0.2, -0.15) is 0 Å². The van der Waals surface area contributed by atoms with Crippen LogP contribution in [-0.2, 0) is 13.0 Å². The van der Waals surface area contributed by atoms with Crippen LogP contribution in [0.3, 0.4) is 0 Å². The largest absolute Gasteiger partial charge is 0.397 e. The van der Waals surface area contributed by atoms with E-state index in [-0.39, 0.29) is 10.8 Å². The average Bonchev–Trinajstić information content (AvgIpc) is 2.72. The molecule has 0 aliphatic rings. The zero-order chi connectivity index (χ0) is 12.4. The Kier molecular flexibility index (Phi) is 3.33. The lowest BCUT2D eigenvalue weighted by Gasteiger charge is -2.09. The summed E-state index contributed by atoms with van der Waals surface area (Å²) in [5.74, 6) is 0.467. The van der Waals surface area contributed by atoms with Gasteiger partial charge in [-0.25, -0.2) is 9.37 Å². The molecule has 0 amide bonds. The monoisotopic (exact) mass is 253 g/mol. The average molecular weight is 254 g/mol. The Morgan fingerprint density at radius 3 is 2.94 bits per heavy atom. The molecule has 1 aromatic carbocycles. The minimum atomic E-state index is -0.381. The highest BCUT2D eigenvalue weighted by Gasteiger charge is 2.10. The molecule has 3 nitrogen and oxygen atoms in total. The fourth-order valence-electron chi connectivity index (χ4n) is 1.75. The summed E-state index contributed by atoms with van der Waals surface area (Å²) >= 11 is 5.84. The SMILES string of the molecule is CCn1ccnc1Cc1cc(F)cc(Cl)c1N. The van der Waals surface area contributed by atoms with Gasteiger partial charge in [-0.15, -0.1) is 0 Å². The third-order valence-electron chi connectivity index (χ3n) is 2.67. The predicted molar refractivity (Wildman–Crippen MR) is 66.5 cm³/mol. The third-order valence-corrected chi connectivity index (χ3v) is 2.98. The molecule has 0 bridgehead atoms. The Balaban J connectivity index is 2.36. The summed E-state index contributed by atoms with van der Waals surface area (Å²) in [4.78, 5) is 4.22. The molecule has 2 N–H and O–H groups in total. The number of aryl methyl sites for hydroxylation is 1. The number of nitrogens with two attached hydrogens (primary N) is 1. The van der Waals surface area contributed by atoms with Gasteiger partial charge in [-0.1, -0.05) is 11.6 Å². The molecule has 0 aliphatic carbocycles. The van der Waals surface area contributed by atoms with Crippen LogP contribution in [0.15, 0.2) is 24.5 Å². The van der Waals surface area contributed by atoms with Crippen molar-refractivity contribution >= 4 is 17.3 Å². The van der Waals surface area contributed by atoms with Crippen molar-refractivity contribution in [3.8, 4) is 0 Å². The lowest BCUT2D eigenvalue weighted by Crippen LogP contribution is -2.04. The Bertz CT molecular complexity index is 537. The van der Waals surface area contributed by atoms with Crippen molar-refractivity contribution in [2.75, 3.05) is 5.73 Å². The smallest absolute Gasteiger partial charge is 0.125 e. The van der Waals surface area contributed by atoms with E-state index in [1.807, 2.05) is 17.7 Å². The molecule has 90 valence electrons. The van der Waals surface area contributed by atoms with Gasteiger partial charge in [-0.3, -0.25) is 0 Å². The molecule has 0 saturated heterocycles. The Labute approximate surface area is 104 Å². The number of hydrogen-bond donors (Lipinski definition) is 1. The van der Waals surface area contributed by atoms with E-state index in [1.165, 1.54) is 12.1 Å². The van der Waals surface area contributed by atoms with Crippen LogP contribution in [0.5, 0.6) is 0 Å². The summed E-state index contributed by atoms with van der Waals surface area (Å²) in [5.41, 5.74) is 6.90. The van der Waals surface area contributed by atoms with Crippen LogP contribution in [0.1, 0.15) is 18.3 Å². The normalized spacial score (nSPS) is 10.8. The highest BCUT2D eigenvalue weighted by atomic mass is 35.5. The number of nitrogens with zero attached hydrogens (tertiary/aromatic N) is 2. The standard InChI is InChI=1S/C12H13ClFN3/c1-2-17-4-3-16-11(17)6-8-5-9(14)7-10(13)12(8)15/h3-5,7H,2,6,15H2,1H3. The summed E-state index contributed by atoms with van der Waals surface area (Å²) in [6, 6.07) is 2.61. The highest BCUT2D eigenvalue weighted by molar-refractivity contribution is 6.33. The molecular weight excluding hydrogens is 241 g/mol. The molecule has 2 rings (SSSR count). The molecule has 1 aromatic heterocycles. The van der Waals surface area contributed by atoms with Crippen molar-refractivity contribution in [1.82, 2.24) is 9.55 Å². The van der Waals surface area contributed by atoms with Crippen molar-refractivity contribution in [1.29, 1.82) is 0 Å². The van der Waals surface area contributed by atoms with E-state index in [0.29, 0.717) is 17.7 Å². The van der Waals surface area contributed by atoms with Crippen molar-refractivity contribution < 1.29 is 4.39 Å².